The monoisotopic (exact) mass is 268 g/mol. The van der Waals surface area contributed by atoms with Gasteiger partial charge in [-0.3, -0.25) is 9.59 Å². The van der Waals surface area contributed by atoms with Gasteiger partial charge in [-0.05, 0) is 25.1 Å². The van der Waals surface area contributed by atoms with Crippen LogP contribution in [0.3, 0.4) is 0 Å². The first-order chi connectivity index (χ1) is 8.40. The van der Waals surface area contributed by atoms with Crippen LogP contribution in [0.15, 0.2) is 18.2 Å². The summed E-state index contributed by atoms with van der Waals surface area (Å²) in [5, 5.41) is 15.2. The fourth-order valence-corrected chi connectivity index (χ4v) is 1.99. The second-order valence-electron chi connectivity index (χ2n) is 4.63. The number of anilines is 1. The van der Waals surface area contributed by atoms with Gasteiger partial charge in [0.15, 0.2) is 0 Å². The van der Waals surface area contributed by atoms with Gasteiger partial charge < -0.3 is 15.7 Å². The van der Waals surface area contributed by atoms with Crippen LogP contribution in [-0.2, 0) is 9.59 Å². The third-order valence-corrected chi connectivity index (χ3v) is 3.22. The Bertz CT molecular complexity index is 518. The number of carbonyl (C=O) groups excluding carboxylic acids is 2. The molecular weight excluding hydrogens is 256 g/mol. The second kappa shape index (κ2) is 4.49. The molecule has 0 aromatic heterocycles. The van der Waals surface area contributed by atoms with Gasteiger partial charge >= 0.3 is 0 Å². The maximum Gasteiger partial charge on any atom is 0.232 e. The molecule has 1 unspecified atom stereocenters. The van der Waals surface area contributed by atoms with Gasteiger partial charge in [0.1, 0.15) is 5.75 Å². The summed E-state index contributed by atoms with van der Waals surface area (Å²) in [7, 11) is 0. The molecule has 1 aromatic rings. The maximum atomic E-state index is 12.1. The Morgan fingerprint density at radius 1 is 1.56 bits per heavy atom. The van der Waals surface area contributed by atoms with Crippen molar-refractivity contribution >= 4 is 29.1 Å². The van der Waals surface area contributed by atoms with E-state index in [4.69, 9.17) is 11.6 Å². The van der Waals surface area contributed by atoms with Crippen LogP contribution < -0.4 is 10.6 Å². The maximum absolute atomic E-state index is 12.1. The van der Waals surface area contributed by atoms with Crippen LogP contribution in [0, 0.1) is 5.41 Å². The third-order valence-electron chi connectivity index (χ3n) is 2.98. The van der Waals surface area contributed by atoms with Crippen LogP contribution in [0.25, 0.3) is 0 Å². The van der Waals surface area contributed by atoms with Gasteiger partial charge in [-0.15, -0.1) is 0 Å². The first-order valence-corrected chi connectivity index (χ1v) is 5.85. The number of hydrogen-bond acceptors (Lipinski definition) is 3. The lowest BCUT2D eigenvalue weighted by Gasteiger charge is -2.20. The van der Waals surface area contributed by atoms with Gasteiger partial charge in [-0.2, -0.15) is 0 Å². The van der Waals surface area contributed by atoms with Crippen molar-refractivity contribution in [2.75, 3.05) is 11.9 Å². The van der Waals surface area contributed by atoms with E-state index in [-0.39, 0.29) is 29.7 Å². The number of halogens is 1. The van der Waals surface area contributed by atoms with Crippen molar-refractivity contribution in [1.29, 1.82) is 0 Å². The molecule has 0 radical (unpaired) electrons. The molecule has 0 bridgehead atoms. The van der Waals surface area contributed by atoms with E-state index in [1.54, 1.807) is 6.92 Å². The molecule has 1 aromatic carbocycles. The molecule has 1 atom stereocenters. The molecule has 96 valence electrons. The molecule has 1 fully saturated rings. The van der Waals surface area contributed by atoms with E-state index < -0.39 is 5.41 Å². The van der Waals surface area contributed by atoms with E-state index in [0.717, 1.165) is 0 Å². The summed E-state index contributed by atoms with van der Waals surface area (Å²) in [5.74, 6) is -0.532. The number of phenols is 1. The Morgan fingerprint density at radius 2 is 2.28 bits per heavy atom. The van der Waals surface area contributed by atoms with Crippen LogP contribution in [0.4, 0.5) is 5.69 Å². The highest BCUT2D eigenvalue weighted by Crippen LogP contribution is 2.31. The fourth-order valence-electron chi connectivity index (χ4n) is 1.82. The van der Waals surface area contributed by atoms with Crippen molar-refractivity contribution in [3.05, 3.63) is 23.2 Å². The average molecular weight is 269 g/mol. The molecule has 3 N–H and O–H groups in total. The van der Waals surface area contributed by atoms with Crippen molar-refractivity contribution in [3.8, 4) is 5.75 Å². The summed E-state index contributed by atoms with van der Waals surface area (Å²) < 4.78 is 0. The van der Waals surface area contributed by atoms with E-state index in [0.29, 0.717) is 11.6 Å². The van der Waals surface area contributed by atoms with Gasteiger partial charge in [0.2, 0.25) is 11.8 Å². The molecule has 1 saturated heterocycles. The topological polar surface area (TPSA) is 78.4 Å². The summed E-state index contributed by atoms with van der Waals surface area (Å²) in [6.45, 7) is 1.99. The zero-order valence-electron chi connectivity index (χ0n) is 9.79. The van der Waals surface area contributed by atoms with Crippen LogP contribution in [-0.4, -0.2) is 23.5 Å². The summed E-state index contributed by atoms with van der Waals surface area (Å²) in [5.41, 5.74) is -0.556. The Hall–Kier alpha value is -1.75. The minimum absolute atomic E-state index is 0.0615. The molecule has 0 aliphatic carbocycles. The van der Waals surface area contributed by atoms with Crippen molar-refractivity contribution < 1.29 is 14.7 Å². The number of nitrogens with one attached hydrogen (secondary N) is 2. The van der Waals surface area contributed by atoms with E-state index >= 15 is 0 Å². The molecule has 6 heteroatoms. The Balaban J connectivity index is 2.16. The third kappa shape index (κ3) is 2.41. The molecule has 1 heterocycles. The lowest BCUT2D eigenvalue weighted by atomic mass is 9.88. The predicted molar refractivity (Wildman–Crippen MR) is 67.5 cm³/mol. The quantitative estimate of drug-likeness (QED) is 0.712. The molecule has 1 aliphatic heterocycles. The molecule has 0 saturated carbocycles. The standard InChI is InChI=1S/C12H13ClN2O3/c1-12(5-10(17)14-6-12)11(18)15-8-4-7(13)2-3-9(8)16/h2-4,16H,5-6H2,1H3,(H,14,17)(H,15,18). The number of rotatable bonds is 2. The van der Waals surface area contributed by atoms with E-state index in [1.165, 1.54) is 18.2 Å². The number of benzene rings is 1. The van der Waals surface area contributed by atoms with Crippen LogP contribution >= 0.6 is 11.6 Å². The second-order valence-corrected chi connectivity index (χ2v) is 5.07. The molecular formula is C12H13ClN2O3. The zero-order valence-corrected chi connectivity index (χ0v) is 10.5. The number of aromatic hydroxyl groups is 1. The van der Waals surface area contributed by atoms with Gasteiger partial charge in [0.25, 0.3) is 0 Å². The van der Waals surface area contributed by atoms with Crippen molar-refractivity contribution in [3.63, 3.8) is 0 Å². The SMILES string of the molecule is CC1(C(=O)Nc2cc(Cl)ccc2O)CNC(=O)C1. The Labute approximate surface area is 109 Å². The summed E-state index contributed by atoms with van der Waals surface area (Å²) in [4.78, 5) is 23.3. The number of amides is 2. The Kier molecular flexibility index (Phi) is 3.17. The lowest BCUT2D eigenvalue weighted by molar-refractivity contribution is -0.126. The highest BCUT2D eigenvalue weighted by Gasteiger charge is 2.40. The minimum atomic E-state index is -0.800. The summed E-state index contributed by atoms with van der Waals surface area (Å²) >= 11 is 5.79. The smallest absolute Gasteiger partial charge is 0.232 e. The van der Waals surface area contributed by atoms with Gasteiger partial charge in [-0.1, -0.05) is 11.6 Å². The highest BCUT2D eigenvalue weighted by atomic mass is 35.5. The predicted octanol–water partition coefficient (Wildman–Crippen LogP) is 1.51. The normalized spacial score (nSPS) is 22.7. The molecule has 1 aliphatic rings. The van der Waals surface area contributed by atoms with Crippen molar-refractivity contribution in [2.45, 2.75) is 13.3 Å². The molecule has 18 heavy (non-hydrogen) atoms. The van der Waals surface area contributed by atoms with Gasteiger partial charge in [0, 0.05) is 18.0 Å². The minimum Gasteiger partial charge on any atom is -0.506 e. The van der Waals surface area contributed by atoms with Crippen LogP contribution in [0.5, 0.6) is 5.75 Å². The zero-order chi connectivity index (χ0) is 13.3. The van der Waals surface area contributed by atoms with E-state index in [2.05, 4.69) is 10.6 Å². The van der Waals surface area contributed by atoms with E-state index in [1.807, 2.05) is 0 Å². The number of hydrogen-bond donors (Lipinski definition) is 3. The largest absolute Gasteiger partial charge is 0.506 e. The first-order valence-electron chi connectivity index (χ1n) is 5.47. The number of carbonyl (C=O) groups is 2. The van der Waals surface area contributed by atoms with Gasteiger partial charge in [0.05, 0.1) is 11.1 Å². The van der Waals surface area contributed by atoms with Crippen LogP contribution in [0.1, 0.15) is 13.3 Å². The van der Waals surface area contributed by atoms with Gasteiger partial charge in [-0.25, -0.2) is 0 Å². The first kappa shape index (κ1) is 12.7. The summed E-state index contributed by atoms with van der Waals surface area (Å²) in [6, 6.07) is 4.38. The van der Waals surface area contributed by atoms with Crippen molar-refractivity contribution in [1.82, 2.24) is 5.32 Å². The molecule has 5 nitrogen and oxygen atoms in total. The van der Waals surface area contributed by atoms with Crippen molar-refractivity contribution in [2.24, 2.45) is 5.41 Å². The number of phenolic OH excluding ortho intramolecular Hbond substituents is 1. The molecule has 0 spiro atoms. The Morgan fingerprint density at radius 3 is 2.89 bits per heavy atom. The summed E-state index contributed by atoms with van der Waals surface area (Å²) in [6.07, 6.45) is 0.139. The lowest BCUT2D eigenvalue weighted by Crippen LogP contribution is -2.35. The molecule has 2 rings (SSSR count). The van der Waals surface area contributed by atoms with Crippen LogP contribution in [0.2, 0.25) is 5.02 Å². The van der Waals surface area contributed by atoms with E-state index in [9.17, 15) is 14.7 Å². The molecule has 2 amide bonds. The average Bonchev–Trinajstić information content (AvgIpc) is 2.65. The fraction of sp³-hybridized carbons (Fsp3) is 0.333. The highest BCUT2D eigenvalue weighted by molar-refractivity contribution is 6.31.